The van der Waals surface area contributed by atoms with Gasteiger partial charge in [0, 0.05) is 17.7 Å². The number of hydrogen-bond donors (Lipinski definition) is 10. The molecule has 17 nitrogen and oxygen atoms in total. The highest BCUT2D eigenvalue weighted by atomic mass is 16.7. The molecule has 4 aromatic carbocycles. The van der Waals surface area contributed by atoms with Crippen molar-refractivity contribution in [2.75, 3.05) is 13.2 Å². The molecule has 9 atom stereocenters. The molecule has 0 bridgehead atoms. The van der Waals surface area contributed by atoms with Crippen molar-refractivity contribution >= 4 is 23.0 Å². The van der Waals surface area contributed by atoms with Crippen LogP contribution in [-0.2, 0) is 23.7 Å². The third-order valence-electron chi connectivity index (χ3n) is 9.88. The van der Waals surface area contributed by atoms with E-state index in [1.807, 2.05) is 0 Å². The molecule has 2 aliphatic heterocycles. The van der Waals surface area contributed by atoms with Gasteiger partial charge in [-0.3, -0.25) is 4.79 Å². The van der Waals surface area contributed by atoms with E-state index >= 15 is 0 Å². The molecule has 0 amide bonds. The van der Waals surface area contributed by atoms with Crippen molar-refractivity contribution in [1.29, 1.82) is 0 Å². The monoisotopic (exact) mass is 802 g/mol. The van der Waals surface area contributed by atoms with Gasteiger partial charge in [0.05, 0.1) is 24.3 Å². The number of phenols is 5. The molecular formula is C41H38O17. The molecule has 0 aliphatic carbocycles. The Kier molecular flexibility index (Phi) is 11.4. The highest BCUT2D eigenvalue weighted by molar-refractivity contribution is 6.00. The summed E-state index contributed by atoms with van der Waals surface area (Å²) >= 11 is 0. The predicted octanol–water partition coefficient (Wildman–Crippen LogP) is 1.90. The Bertz CT molecular complexity index is 2360. The average Bonchev–Trinajstić information content (AvgIpc) is 3.20. The molecule has 10 N–H and O–H groups in total. The molecule has 0 unspecified atom stereocenters. The molecule has 0 radical (unpaired) electrons. The summed E-state index contributed by atoms with van der Waals surface area (Å²) in [5.74, 6) is -2.87. The zero-order chi connectivity index (χ0) is 41.4. The van der Waals surface area contributed by atoms with E-state index in [-0.39, 0.29) is 45.3 Å². The Labute approximate surface area is 327 Å². The second-order valence-electron chi connectivity index (χ2n) is 13.7. The number of carbonyl (C=O) groups excluding carboxylic acids is 1. The summed E-state index contributed by atoms with van der Waals surface area (Å²) in [4.78, 5) is 27.9. The van der Waals surface area contributed by atoms with Crippen LogP contribution in [0.25, 0.3) is 39.5 Å². The molecule has 1 aromatic heterocycles. The van der Waals surface area contributed by atoms with Gasteiger partial charge < -0.3 is 74.4 Å². The summed E-state index contributed by atoms with van der Waals surface area (Å²) in [6, 6.07) is 17.4. The molecule has 7 rings (SSSR count). The lowest BCUT2D eigenvalue weighted by Crippen LogP contribution is -2.61. The Morgan fingerprint density at radius 3 is 1.98 bits per heavy atom. The van der Waals surface area contributed by atoms with Gasteiger partial charge in [-0.05, 0) is 65.7 Å². The Morgan fingerprint density at radius 2 is 1.36 bits per heavy atom. The fourth-order valence-corrected chi connectivity index (χ4v) is 6.90. The molecule has 3 heterocycles. The predicted molar refractivity (Wildman–Crippen MR) is 200 cm³/mol. The average molecular weight is 803 g/mol. The van der Waals surface area contributed by atoms with Gasteiger partial charge in [-0.2, -0.15) is 0 Å². The third-order valence-corrected chi connectivity index (χ3v) is 9.88. The summed E-state index contributed by atoms with van der Waals surface area (Å²) in [5, 5.41) is 106. The van der Waals surface area contributed by atoms with Crippen LogP contribution >= 0.6 is 0 Å². The first kappa shape index (κ1) is 40.2. The van der Waals surface area contributed by atoms with E-state index in [0.717, 1.165) is 12.1 Å². The van der Waals surface area contributed by atoms with Gasteiger partial charge in [0.2, 0.25) is 5.43 Å². The number of aromatic hydroxyl groups is 5. The number of ether oxygens (including phenoxy) is 4. The molecule has 2 fully saturated rings. The van der Waals surface area contributed by atoms with Crippen LogP contribution in [0.1, 0.15) is 17.2 Å². The molecule has 304 valence electrons. The van der Waals surface area contributed by atoms with Crippen LogP contribution in [0.15, 0.2) is 94.2 Å². The van der Waals surface area contributed by atoms with E-state index in [1.54, 1.807) is 0 Å². The molecular weight excluding hydrogens is 764 g/mol. The van der Waals surface area contributed by atoms with E-state index in [0.29, 0.717) is 5.56 Å². The molecule has 5 aromatic rings. The van der Waals surface area contributed by atoms with Gasteiger partial charge in [0.1, 0.15) is 82.6 Å². The van der Waals surface area contributed by atoms with Crippen molar-refractivity contribution in [1.82, 2.24) is 0 Å². The van der Waals surface area contributed by atoms with Crippen molar-refractivity contribution in [3.63, 3.8) is 0 Å². The maximum absolute atomic E-state index is 14.9. The van der Waals surface area contributed by atoms with Crippen molar-refractivity contribution in [2.24, 2.45) is 0 Å². The first-order chi connectivity index (χ1) is 27.7. The zero-order valence-corrected chi connectivity index (χ0v) is 30.1. The smallest absolute Gasteiger partial charge is 0.331 e. The largest absolute Gasteiger partial charge is 0.508 e. The maximum Gasteiger partial charge on any atom is 0.331 e. The van der Waals surface area contributed by atoms with Gasteiger partial charge >= 0.3 is 5.97 Å². The summed E-state index contributed by atoms with van der Waals surface area (Å²) < 4.78 is 29.7. The van der Waals surface area contributed by atoms with Gasteiger partial charge in [-0.15, -0.1) is 0 Å². The van der Waals surface area contributed by atoms with Crippen LogP contribution in [0.2, 0.25) is 0 Å². The normalized spacial score (nSPS) is 26.2. The van der Waals surface area contributed by atoms with Crippen LogP contribution < -0.4 is 5.43 Å². The molecule has 17 heteroatoms. The number of phenolic OH excluding ortho intramolecular Hbond substituents is 5. The second-order valence-corrected chi connectivity index (χ2v) is 13.7. The molecule has 0 saturated carbocycles. The van der Waals surface area contributed by atoms with Crippen LogP contribution in [0.5, 0.6) is 28.7 Å². The van der Waals surface area contributed by atoms with Crippen LogP contribution in [0.4, 0.5) is 0 Å². The standard InChI is InChI=1S/C41H38O17/c42-16-27-33(51)35(53)39(58-41-40(32(50)26(48)17-54-41)56-28(49)14-3-18-1-8-21(43)9-2-18)38(55-27)31-34(52)30-25(47)15-24(46)29(19-4-10-22(44)11-5-19)37(30)57-36(31)20-6-12-23(45)13-7-20/h1-15,26-27,32-33,35,38-48,50-51,53H,16-17H2/b14-3+/t26-,27-,32+,33-,35+,38+,39-,40-,41+/m1/s1. The van der Waals surface area contributed by atoms with Gasteiger partial charge in [-0.25, -0.2) is 4.79 Å². The highest BCUT2D eigenvalue weighted by Crippen LogP contribution is 2.45. The van der Waals surface area contributed by atoms with Gasteiger partial charge in [0.15, 0.2) is 18.0 Å². The SMILES string of the molecule is O=C(/C=C/c1ccc(O)cc1)O[C@H]1[C@H](O[C@@H]2[C@@H](O)[C@H](O)[C@@H](CO)O[C@H]2c2c(-c3ccc(O)cc3)oc3c(-c4ccc(O)cc4)c(O)cc(O)c3c2=O)OC[C@@H](O)[C@@H]1O. The Balaban J connectivity index is 1.35. The zero-order valence-electron chi connectivity index (χ0n) is 30.1. The lowest BCUT2D eigenvalue weighted by Gasteiger charge is -2.45. The Hall–Kier alpha value is -6.02. The molecule has 0 spiro atoms. The van der Waals surface area contributed by atoms with E-state index < -0.39 is 102 Å². The van der Waals surface area contributed by atoms with Gasteiger partial charge in [0.25, 0.3) is 0 Å². The second kappa shape index (κ2) is 16.5. The van der Waals surface area contributed by atoms with E-state index in [1.165, 1.54) is 78.9 Å². The fraction of sp³-hybridized carbons (Fsp3) is 0.268. The van der Waals surface area contributed by atoms with Gasteiger partial charge in [-0.1, -0.05) is 24.3 Å². The quantitative estimate of drug-likeness (QED) is 0.0752. The number of carbonyl (C=O) groups is 1. The minimum Gasteiger partial charge on any atom is -0.508 e. The topological polar surface area (TPSA) is 286 Å². The first-order valence-corrected chi connectivity index (χ1v) is 17.8. The van der Waals surface area contributed by atoms with Crippen LogP contribution in [0.3, 0.4) is 0 Å². The first-order valence-electron chi connectivity index (χ1n) is 17.8. The minimum atomic E-state index is -2.00. The van der Waals surface area contributed by atoms with Crippen molar-refractivity contribution < 1.29 is 79.2 Å². The summed E-state index contributed by atoms with van der Waals surface area (Å²) in [7, 11) is 0. The van der Waals surface area contributed by atoms with Crippen LogP contribution in [-0.4, -0.2) is 119 Å². The number of aliphatic hydroxyl groups excluding tert-OH is 5. The fourth-order valence-electron chi connectivity index (χ4n) is 6.90. The van der Waals surface area contributed by atoms with Crippen molar-refractivity contribution in [3.05, 3.63) is 106 Å². The number of fused-ring (bicyclic) bond motifs is 1. The van der Waals surface area contributed by atoms with E-state index in [2.05, 4.69) is 0 Å². The summed E-state index contributed by atoms with van der Waals surface area (Å²) in [5.41, 5.74) is -0.964. The van der Waals surface area contributed by atoms with Crippen LogP contribution in [0, 0.1) is 0 Å². The summed E-state index contributed by atoms with van der Waals surface area (Å²) in [6.45, 7) is -1.44. The highest BCUT2D eigenvalue weighted by Gasteiger charge is 2.52. The maximum atomic E-state index is 14.9. The van der Waals surface area contributed by atoms with E-state index in [4.69, 9.17) is 23.4 Å². The molecule has 2 aliphatic rings. The number of hydrogen-bond acceptors (Lipinski definition) is 17. The number of benzene rings is 4. The lowest BCUT2D eigenvalue weighted by molar-refractivity contribution is -0.326. The lowest BCUT2D eigenvalue weighted by atomic mass is 9.88. The minimum absolute atomic E-state index is 0.00892. The number of rotatable bonds is 9. The van der Waals surface area contributed by atoms with E-state index in [9.17, 15) is 60.7 Å². The Morgan fingerprint density at radius 1 is 0.759 bits per heavy atom. The summed E-state index contributed by atoms with van der Waals surface area (Å²) in [6.07, 6.45) is -13.8. The number of aliphatic hydroxyl groups is 5. The third kappa shape index (κ3) is 7.80. The van der Waals surface area contributed by atoms with Crippen molar-refractivity contribution in [2.45, 2.75) is 55.1 Å². The molecule has 58 heavy (non-hydrogen) atoms. The molecule has 2 saturated heterocycles. The van der Waals surface area contributed by atoms with Crippen molar-refractivity contribution in [3.8, 4) is 51.2 Å². The number of esters is 1.